The number of nitrogens with zero attached hydrogens (tertiary/aromatic N) is 2. The van der Waals surface area contributed by atoms with E-state index < -0.39 is 0 Å². The van der Waals surface area contributed by atoms with Gasteiger partial charge in [0.2, 0.25) is 5.91 Å². The Labute approximate surface area is 90.2 Å². The van der Waals surface area contributed by atoms with Gasteiger partial charge in [-0.05, 0) is 26.4 Å². The van der Waals surface area contributed by atoms with Crippen molar-refractivity contribution in [2.24, 2.45) is 11.7 Å². The van der Waals surface area contributed by atoms with Crippen LogP contribution in [0.4, 0.5) is 0 Å². The zero-order valence-corrected chi connectivity index (χ0v) is 9.07. The van der Waals surface area contributed by atoms with E-state index in [0.717, 1.165) is 19.4 Å². The zero-order chi connectivity index (χ0) is 11.3. The van der Waals surface area contributed by atoms with Crippen LogP contribution in [0.25, 0.3) is 0 Å². The summed E-state index contributed by atoms with van der Waals surface area (Å²) in [5.41, 5.74) is 5.28. The third kappa shape index (κ3) is 3.50. The van der Waals surface area contributed by atoms with E-state index in [4.69, 9.17) is 11.0 Å². The molecule has 1 fully saturated rings. The fourth-order valence-electron chi connectivity index (χ4n) is 1.91. The molecule has 1 aliphatic heterocycles. The van der Waals surface area contributed by atoms with E-state index in [9.17, 15) is 4.79 Å². The molecule has 1 saturated heterocycles. The first-order valence-corrected chi connectivity index (χ1v) is 5.26. The SMILES string of the molecule is CNC(C#N)CN1CCCC(C(N)=O)C1. The van der Waals surface area contributed by atoms with Crippen molar-refractivity contribution in [3.05, 3.63) is 0 Å². The van der Waals surface area contributed by atoms with Gasteiger partial charge in [-0.2, -0.15) is 5.26 Å². The minimum atomic E-state index is -0.224. The normalized spacial score (nSPS) is 24.4. The van der Waals surface area contributed by atoms with E-state index in [1.807, 2.05) is 0 Å². The third-order valence-corrected chi connectivity index (χ3v) is 2.85. The highest BCUT2D eigenvalue weighted by Crippen LogP contribution is 2.15. The van der Waals surface area contributed by atoms with E-state index in [0.29, 0.717) is 13.1 Å². The number of hydrogen-bond acceptors (Lipinski definition) is 4. The molecule has 0 bridgehead atoms. The summed E-state index contributed by atoms with van der Waals surface area (Å²) >= 11 is 0. The molecule has 5 nitrogen and oxygen atoms in total. The Balaban J connectivity index is 2.43. The second-order valence-corrected chi connectivity index (χ2v) is 3.97. The lowest BCUT2D eigenvalue weighted by Crippen LogP contribution is -2.46. The van der Waals surface area contributed by atoms with Gasteiger partial charge in [-0.25, -0.2) is 0 Å². The van der Waals surface area contributed by atoms with E-state index >= 15 is 0 Å². The van der Waals surface area contributed by atoms with Crippen molar-refractivity contribution in [3.8, 4) is 6.07 Å². The Morgan fingerprint density at radius 2 is 2.53 bits per heavy atom. The van der Waals surface area contributed by atoms with Crippen LogP contribution >= 0.6 is 0 Å². The number of amides is 1. The first kappa shape index (κ1) is 12.0. The molecular formula is C10H18N4O. The highest BCUT2D eigenvalue weighted by molar-refractivity contribution is 5.76. The van der Waals surface area contributed by atoms with Crippen LogP contribution in [0.1, 0.15) is 12.8 Å². The standard InChI is InChI=1S/C10H18N4O/c1-13-9(5-11)7-14-4-2-3-8(6-14)10(12)15/h8-9,13H,2-4,6-7H2,1H3,(H2,12,15). The molecule has 1 aliphatic rings. The maximum Gasteiger partial charge on any atom is 0.221 e. The fraction of sp³-hybridized carbons (Fsp3) is 0.800. The van der Waals surface area contributed by atoms with Gasteiger partial charge < -0.3 is 11.1 Å². The van der Waals surface area contributed by atoms with Crippen LogP contribution in [0.15, 0.2) is 0 Å². The maximum absolute atomic E-state index is 11.0. The number of likely N-dealkylation sites (N-methyl/N-ethyl adjacent to an activating group) is 1. The first-order valence-electron chi connectivity index (χ1n) is 5.26. The number of rotatable bonds is 4. The monoisotopic (exact) mass is 210 g/mol. The first-order chi connectivity index (χ1) is 7.17. The van der Waals surface area contributed by atoms with Crippen LogP contribution in [0.2, 0.25) is 0 Å². The molecule has 2 atom stereocenters. The molecule has 0 radical (unpaired) electrons. The summed E-state index contributed by atoms with van der Waals surface area (Å²) in [6.45, 7) is 2.30. The molecule has 0 aromatic carbocycles. The topological polar surface area (TPSA) is 82.2 Å². The Hall–Kier alpha value is -1.12. The number of piperidine rings is 1. The van der Waals surface area contributed by atoms with Gasteiger partial charge in [0.1, 0.15) is 6.04 Å². The number of hydrogen-bond donors (Lipinski definition) is 2. The van der Waals surface area contributed by atoms with Crippen molar-refractivity contribution in [1.82, 2.24) is 10.2 Å². The number of likely N-dealkylation sites (tertiary alicyclic amines) is 1. The summed E-state index contributed by atoms with van der Waals surface area (Å²) in [6, 6.07) is 2.00. The van der Waals surface area contributed by atoms with Crippen molar-refractivity contribution >= 4 is 5.91 Å². The number of nitrogens with one attached hydrogen (secondary N) is 1. The second kappa shape index (κ2) is 5.69. The molecule has 0 saturated carbocycles. The van der Waals surface area contributed by atoms with Gasteiger partial charge in [-0.3, -0.25) is 9.69 Å². The van der Waals surface area contributed by atoms with Gasteiger partial charge >= 0.3 is 0 Å². The van der Waals surface area contributed by atoms with E-state index in [-0.39, 0.29) is 17.9 Å². The highest BCUT2D eigenvalue weighted by atomic mass is 16.1. The van der Waals surface area contributed by atoms with Crippen LogP contribution in [0.3, 0.4) is 0 Å². The average Bonchev–Trinajstić information content (AvgIpc) is 2.26. The van der Waals surface area contributed by atoms with Gasteiger partial charge in [0.05, 0.1) is 12.0 Å². The number of carbonyl (C=O) groups excluding carboxylic acids is 1. The molecule has 0 aliphatic carbocycles. The summed E-state index contributed by atoms with van der Waals surface area (Å²) in [6.07, 6.45) is 1.86. The molecule has 0 aromatic heterocycles. The number of nitriles is 1. The molecular weight excluding hydrogens is 192 g/mol. The molecule has 15 heavy (non-hydrogen) atoms. The predicted molar refractivity (Wildman–Crippen MR) is 56.8 cm³/mol. The third-order valence-electron chi connectivity index (χ3n) is 2.85. The Bertz CT molecular complexity index is 261. The summed E-state index contributed by atoms with van der Waals surface area (Å²) < 4.78 is 0. The summed E-state index contributed by atoms with van der Waals surface area (Å²) in [4.78, 5) is 13.2. The molecule has 3 N–H and O–H groups in total. The van der Waals surface area contributed by atoms with Crippen LogP contribution in [-0.4, -0.2) is 43.5 Å². The molecule has 1 rings (SSSR count). The van der Waals surface area contributed by atoms with E-state index in [1.54, 1.807) is 7.05 Å². The van der Waals surface area contributed by atoms with Gasteiger partial charge in [0.25, 0.3) is 0 Å². The molecule has 0 spiro atoms. The van der Waals surface area contributed by atoms with Gasteiger partial charge in [0, 0.05) is 13.1 Å². The largest absolute Gasteiger partial charge is 0.369 e. The minimum absolute atomic E-state index is 0.0463. The molecule has 1 heterocycles. The Morgan fingerprint density at radius 3 is 3.07 bits per heavy atom. The number of carbonyl (C=O) groups is 1. The van der Waals surface area contributed by atoms with E-state index in [1.165, 1.54) is 0 Å². The Morgan fingerprint density at radius 1 is 1.80 bits per heavy atom. The second-order valence-electron chi connectivity index (χ2n) is 3.97. The lowest BCUT2D eigenvalue weighted by molar-refractivity contribution is -0.123. The number of primary amides is 1. The van der Waals surface area contributed by atoms with Crippen molar-refractivity contribution in [1.29, 1.82) is 5.26 Å². The lowest BCUT2D eigenvalue weighted by atomic mass is 9.97. The van der Waals surface area contributed by atoms with Crippen LogP contribution < -0.4 is 11.1 Å². The maximum atomic E-state index is 11.0. The van der Waals surface area contributed by atoms with Crippen molar-refractivity contribution in [3.63, 3.8) is 0 Å². The number of nitrogens with two attached hydrogens (primary N) is 1. The highest BCUT2D eigenvalue weighted by Gasteiger charge is 2.25. The minimum Gasteiger partial charge on any atom is -0.369 e. The molecule has 5 heteroatoms. The molecule has 1 amide bonds. The average molecular weight is 210 g/mol. The molecule has 2 unspecified atom stereocenters. The summed E-state index contributed by atoms with van der Waals surface area (Å²) in [5.74, 6) is -0.271. The van der Waals surface area contributed by atoms with E-state index in [2.05, 4.69) is 16.3 Å². The van der Waals surface area contributed by atoms with Gasteiger partial charge in [0.15, 0.2) is 0 Å². The van der Waals surface area contributed by atoms with Crippen molar-refractivity contribution < 1.29 is 4.79 Å². The van der Waals surface area contributed by atoms with Gasteiger partial charge in [-0.15, -0.1) is 0 Å². The molecule has 84 valence electrons. The quantitative estimate of drug-likeness (QED) is 0.642. The summed E-state index contributed by atoms with van der Waals surface area (Å²) in [7, 11) is 1.77. The molecule has 0 aromatic rings. The summed E-state index contributed by atoms with van der Waals surface area (Å²) in [5, 5.41) is 11.7. The van der Waals surface area contributed by atoms with Crippen molar-refractivity contribution in [2.45, 2.75) is 18.9 Å². The van der Waals surface area contributed by atoms with Gasteiger partial charge in [-0.1, -0.05) is 0 Å². The van der Waals surface area contributed by atoms with Crippen molar-refractivity contribution in [2.75, 3.05) is 26.7 Å². The zero-order valence-electron chi connectivity index (χ0n) is 9.07. The van der Waals surface area contributed by atoms with Crippen LogP contribution in [-0.2, 0) is 4.79 Å². The predicted octanol–water partition coefficient (Wildman–Crippen LogP) is -0.705. The fourth-order valence-corrected chi connectivity index (χ4v) is 1.91. The van der Waals surface area contributed by atoms with Crippen LogP contribution in [0, 0.1) is 17.2 Å². The smallest absolute Gasteiger partial charge is 0.221 e. The Kier molecular flexibility index (Phi) is 4.53. The van der Waals surface area contributed by atoms with Crippen LogP contribution in [0.5, 0.6) is 0 Å². The lowest BCUT2D eigenvalue weighted by Gasteiger charge is -2.32.